The molecule has 1 saturated heterocycles. The summed E-state index contributed by atoms with van der Waals surface area (Å²) in [5, 5.41) is 2.17. The molecule has 1 aromatic rings. The fourth-order valence-electron chi connectivity index (χ4n) is 2.25. The Labute approximate surface area is 123 Å². The molecule has 0 unspecified atom stereocenters. The van der Waals surface area contributed by atoms with Crippen molar-refractivity contribution in [3.63, 3.8) is 0 Å². The van der Waals surface area contributed by atoms with Crippen LogP contribution >= 0.6 is 23.1 Å². The summed E-state index contributed by atoms with van der Waals surface area (Å²) in [5.41, 5.74) is 3.02. The number of nitrogens with zero attached hydrogens (tertiary/aromatic N) is 3. The highest BCUT2D eigenvalue weighted by Crippen LogP contribution is 2.13. The number of thioether (sulfide) groups is 1. The molecule has 19 heavy (non-hydrogen) atoms. The van der Waals surface area contributed by atoms with Crippen molar-refractivity contribution in [3.05, 3.63) is 16.6 Å². The molecule has 0 saturated carbocycles. The van der Waals surface area contributed by atoms with Gasteiger partial charge in [0, 0.05) is 38.1 Å². The molecule has 4 nitrogen and oxygen atoms in total. The van der Waals surface area contributed by atoms with E-state index in [9.17, 15) is 4.79 Å². The molecule has 2 heterocycles. The highest BCUT2D eigenvalue weighted by atomic mass is 32.2. The Kier molecular flexibility index (Phi) is 5.66. The Balaban J connectivity index is 1.86. The van der Waals surface area contributed by atoms with Gasteiger partial charge in [0.25, 0.3) is 0 Å². The minimum Gasteiger partial charge on any atom is -0.340 e. The van der Waals surface area contributed by atoms with Crippen molar-refractivity contribution in [1.29, 1.82) is 0 Å². The molecule has 1 aliphatic heterocycles. The van der Waals surface area contributed by atoms with E-state index in [4.69, 9.17) is 0 Å². The van der Waals surface area contributed by atoms with Crippen LogP contribution in [0.3, 0.4) is 0 Å². The Hall–Kier alpha value is -0.590. The van der Waals surface area contributed by atoms with E-state index in [1.54, 1.807) is 23.1 Å². The standard InChI is InChI=1S/C13H21N3OS2/c1-11(18-2)13(17)16-5-3-4-15(6-7-16)8-12-9-19-10-14-12/h9-11H,3-8H2,1-2H3/t11-/m0/s1. The number of carbonyl (C=O) groups excluding carboxylic acids is 1. The first-order valence-electron chi connectivity index (χ1n) is 6.61. The summed E-state index contributed by atoms with van der Waals surface area (Å²) in [7, 11) is 0. The maximum absolute atomic E-state index is 12.2. The smallest absolute Gasteiger partial charge is 0.235 e. The fourth-order valence-corrected chi connectivity index (χ4v) is 3.15. The van der Waals surface area contributed by atoms with E-state index in [1.807, 2.05) is 23.6 Å². The van der Waals surface area contributed by atoms with Gasteiger partial charge >= 0.3 is 0 Å². The van der Waals surface area contributed by atoms with Crippen molar-refractivity contribution in [1.82, 2.24) is 14.8 Å². The van der Waals surface area contributed by atoms with Crippen LogP contribution < -0.4 is 0 Å². The molecule has 0 aliphatic carbocycles. The van der Waals surface area contributed by atoms with Crippen molar-refractivity contribution >= 4 is 29.0 Å². The first kappa shape index (κ1) is 14.8. The third kappa shape index (κ3) is 4.19. The van der Waals surface area contributed by atoms with Gasteiger partial charge in [0.05, 0.1) is 16.5 Å². The molecule has 2 rings (SSSR count). The highest BCUT2D eigenvalue weighted by molar-refractivity contribution is 7.99. The lowest BCUT2D eigenvalue weighted by atomic mass is 10.3. The number of aromatic nitrogens is 1. The van der Waals surface area contributed by atoms with E-state index in [2.05, 4.69) is 15.3 Å². The first-order valence-corrected chi connectivity index (χ1v) is 8.84. The van der Waals surface area contributed by atoms with E-state index in [0.29, 0.717) is 0 Å². The van der Waals surface area contributed by atoms with Gasteiger partial charge in [-0.3, -0.25) is 9.69 Å². The van der Waals surface area contributed by atoms with Gasteiger partial charge in [-0.05, 0) is 19.6 Å². The van der Waals surface area contributed by atoms with Crippen molar-refractivity contribution < 1.29 is 4.79 Å². The van der Waals surface area contributed by atoms with E-state index < -0.39 is 0 Å². The largest absolute Gasteiger partial charge is 0.340 e. The van der Waals surface area contributed by atoms with Gasteiger partial charge in [0.2, 0.25) is 5.91 Å². The maximum atomic E-state index is 12.2. The van der Waals surface area contributed by atoms with E-state index in [1.165, 1.54) is 0 Å². The number of carbonyl (C=O) groups is 1. The SMILES string of the molecule is CS[C@@H](C)C(=O)N1CCCN(Cc2cscn2)CC1. The molecule has 1 aromatic heterocycles. The molecule has 1 fully saturated rings. The molecule has 0 radical (unpaired) electrons. The predicted octanol–water partition coefficient (Wildman–Crippen LogP) is 1.93. The molecule has 1 atom stereocenters. The number of thiazole rings is 1. The van der Waals surface area contributed by atoms with Crippen molar-refractivity contribution in [2.75, 3.05) is 32.4 Å². The molecule has 6 heteroatoms. The summed E-state index contributed by atoms with van der Waals surface area (Å²) in [6.07, 6.45) is 3.05. The minimum absolute atomic E-state index is 0.0742. The minimum atomic E-state index is 0.0742. The maximum Gasteiger partial charge on any atom is 0.235 e. The summed E-state index contributed by atoms with van der Waals surface area (Å²) < 4.78 is 0. The van der Waals surface area contributed by atoms with Crippen LogP contribution in [-0.4, -0.2) is 58.4 Å². The van der Waals surface area contributed by atoms with E-state index >= 15 is 0 Å². The van der Waals surface area contributed by atoms with Crippen LogP contribution in [0.4, 0.5) is 0 Å². The molecular weight excluding hydrogens is 278 g/mol. The normalized spacial score (nSPS) is 19.2. The molecule has 0 spiro atoms. The van der Waals surface area contributed by atoms with Crippen LogP contribution in [0.15, 0.2) is 10.9 Å². The third-order valence-corrected chi connectivity index (χ3v) is 5.01. The lowest BCUT2D eigenvalue weighted by Crippen LogP contribution is -2.39. The molecule has 0 aromatic carbocycles. The zero-order valence-corrected chi connectivity index (χ0v) is 13.2. The molecule has 1 amide bonds. The van der Waals surface area contributed by atoms with Crippen molar-refractivity contribution in [3.8, 4) is 0 Å². The van der Waals surface area contributed by atoms with E-state index in [-0.39, 0.29) is 11.2 Å². The molecular formula is C13H21N3OS2. The number of amides is 1. The molecule has 0 N–H and O–H groups in total. The second kappa shape index (κ2) is 7.26. The summed E-state index contributed by atoms with van der Waals surface area (Å²) >= 11 is 3.27. The van der Waals surface area contributed by atoms with E-state index in [0.717, 1.165) is 44.8 Å². The second-order valence-corrected chi connectivity index (χ2v) is 6.71. The van der Waals surface area contributed by atoms with Gasteiger partial charge in [-0.15, -0.1) is 11.3 Å². The molecule has 1 aliphatic rings. The lowest BCUT2D eigenvalue weighted by molar-refractivity contribution is -0.130. The van der Waals surface area contributed by atoms with Crippen LogP contribution in [-0.2, 0) is 11.3 Å². The van der Waals surface area contributed by atoms with Gasteiger partial charge in [0.1, 0.15) is 0 Å². The van der Waals surface area contributed by atoms with Crippen LogP contribution in [0, 0.1) is 0 Å². The predicted molar refractivity (Wildman–Crippen MR) is 81.6 cm³/mol. The summed E-state index contributed by atoms with van der Waals surface area (Å²) in [4.78, 5) is 20.9. The lowest BCUT2D eigenvalue weighted by Gasteiger charge is -2.23. The fraction of sp³-hybridized carbons (Fsp3) is 0.692. The first-order chi connectivity index (χ1) is 9.20. The average molecular weight is 299 g/mol. The Morgan fingerprint density at radius 2 is 2.32 bits per heavy atom. The van der Waals surface area contributed by atoms with Crippen molar-refractivity contribution in [2.45, 2.75) is 25.1 Å². The number of rotatable bonds is 4. The highest BCUT2D eigenvalue weighted by Gasteiger charge is 2.22. The monoisotopic (exact) mass is 299 g/mol. The zero-order chi connectivity index (χ0) is 13.7. The molecule has 0 bridgehead atoms. The van der Waals surface area contributed by atoms with Crippen LogP contribution in [0.2, 0.25) is 0 Å². The van der Waals surface area contributed by atoms with Crippen LogP contribution in [0.1, 0.15) is 19.0 Å². The second-order valence-electron chi connectivity index (χ2n) is 4.81. The van der Waals surface area contributed by atoms with Gasteiger partial charge in [-0.2, -0.15) is 11.8 Å². The summed E-state index contributed by atoms with van der Waals surface area (Å²) in [6, 6.07) is 0. The Morgan fingerprint density at radius 3 is 3.00 bits per heavy atom. The van der Waals surface area contributed by atoms with Gasteiger partial charge in [-0.25, -0.2) is 4.98 Å². The summed E-state index contributed by atoms with van der Waals surface area (Å²) in [6.45, 7) is 6.62. The Bertz CT molecular complexity index is 397. The van der Waals surface area contributed by atoms with Gasteiger partial charge < -0.3 is 4.90 Å². The van der Waals surface area contributed by atoms with Gasteiger partial charge in [-0.1, -0.05) is 0 Å². The van der Waals surface area contributed by atoms with Gasteiger partial charge in [0.15, 0.2) is 0 Å². The summed E-state index contributed by atoms with van der Waals surface area (Å²) in [5.74, 6) is 0.281. The number of hydrogen-bond donors (Lipinski definition) is 0. The Morgan fingerprint density at radius 1 is 1.47 bits per heavy atom. The van der Waals surface area contributed by atoms with Crippen LogP contribution in [0.25, 0.3) is 0 Å². The van der Waals surface area contributed by atoms with Crippen molar-refractivity contribution in [2.24, 2.45) is 0 Å². The average Bonchev–Trinajstić information content (AvgIpc) is 2.82. The number of hydrogen-bond acceptors (Lipinski definition) is 5. The van der Waals surface area contributed by atoms with Crippen LogP contribution in [0.5, 0.6) is 0 Å². The quantitative estimate of drug-likeness (QED) is 0.851. The zero-order valence-electron chi connectivity index (χ0n) is 11.5. The molecule has 106 valence electrons. The topological polar surface area (TPSA) is 36.4 Å². The third-order valence-electron chi connectivity index (χ3n) is 3.47.